The second-order valence-electron chi connectivity index (χ2n) is 8.82. The van der Waals surface area contributed by atoms with Crippen molar-refractivity contribution in [3.63, 3.8) is 0 Å². The summed E-state index contributed by atoms with van der Waals surface area (Å²) >= 11 is 0. The highest BCUT2D eigenvalue weighted by Gasteiger charge is 2.54. The first-order valence-electron chi connectivity index (χ1n) is 10.1. The zero-order chi connectivity index (χ0) is 20.5. The summed E-state index contributed by atoms with van der Waals surface area (Å²) in [4.78, 5) is 29.5. The van der Waals surface area contributed by atoms with E-state index in [0.717, 1.165) is 30.8 Å². The van der Waals surface area contributed by atoms with Crippen molar-refractivity contribution in [3.8, 4) is 5.75 Å². The van der Waals surface area contributed by atoms with E-state index in [0.29, 0.717) is 19.4 Å². The predicted octanol–water partition coefficient (Wildman–Crippen LogP) is 1.74. The van der Waals surface area contributed by atoms with Gasteiger partial charge in [0, 0.05) is 43.5 Å². The number of ether oxygens (including phenoxy) is 1. The van der Waals surface area contributed by atoms with Crippen LogP contribution in [0.4, 0.5) is 0 Å². The maximum Gasteiger partial charge on any atom is 0.221 e. The van der Waals surface area contributed by atoms with Crippen LogP contribution in [-0.4, -0.2) is 74.4 Å². The van der Waals surface area contributed by atoms with E-state index in [4.69, 9.17) is 4.74 Å². The second kappa shape index (κ2) is 8.21. The molecule has 1 amide bonds. The standard InChI is InChI=1S/C22H33N3O3/c1-15-6-7-18-16(14-15)22(2)10-8-17(26)20(21(22)28-18)23-19(27)9-11-25(5)13-12-24(3)4/h6-7,14,20-21H,8-13H2,1-5H3,(H,23,27)/t20-,21-,22-/m1/s1. The average Bonchev–Trinajstić information content (AvgIpc) is 2.93. The van der Waals surface area contributed by atoms with Gasteiger partial charge in [-0.15, -0.1) is 0 Å². The third-order valence-electron chi connectivity index (χ3n) is 6.14. The van der Waals surface area contributed by atoms with Crippen LogP contribution >= 0.6 is 0 Å². The van der Waals surface area contributed by atoms with Crippen molar-refractivity contribution in [3.05, 3.63) is 29.3 Å². The molecule has 1 heterocycles. The van der Waals surface area contributed by atoms with E-state index in [1.165, 1.54) is 5.56 Å². The molecule has 1 saturated carbocycles. The molecule has 1 aromatic rings. The van der Waals surface area contributed by atoms with Gasteiger partial charge in [0.15, 0.2) is 5.78 Å². The molecule has 3 atom stereocenters. The van der Waals surface area contributed by atoms with Crippen LogP contribution in [0.5, 0.6) is 5.75 Å². The summed E-state index contributed by atoms with van der Waals surface area (Å²) in [6.45, 7) is 6.75. The highest BCUT2D eigenvalue weighted by atomic mass is 16.5. The highest BCUT2D eigenvalue weighted by molar-refractivity contribution is 5.91. The van der Waals surface area contributed by atoms with Gasteiger partial charge >= 0.3 is 0 Å². The van der Waals surface area contributed by atoms with E-state index in [1.807, 2.05) is 33.3 Å². The van der Waals surface area contributed by atoms with E-state index in [2.05, 4.69) is 35.0 Å². The third-order valence-corrected chi connectivity index (χ3v) is 6.14. The topological polar surface area (TPSA) is 61.9 Å². The molecule has 0 saturated heterocycles. The van der Waals surface area contributed by atoms with Gasteiger partial charge in [-0.25, -0.2) is 0 Å². The molecule has 6 nitrogen and oxygen atoms in total. The van der Waals surface area contributed by atoms with Crippen molar-refractivity contribution in [2.24, 2.45) is 0 Å². The monoisotopic (exact) mass is 387 g/mol. The number of rotatable bonds is 7. The molecule has 0 spiro atoms. The lowest BCUT2D eigenvalue weighted by atomic mass is 9.67. The zero-order valence-corrected chi connectivity index (χ0v) is 17.7. The van der Waals surface area contributed by atoms with Crippen molar-refractivity contribution in [2.45, 2.75) is 50.7 Å². The Morgan fingerprint density at radius 2 is 2.00 bits per heavy atom. The van der Waals surface area contributed by atoms with Crippen molar-refractivity contribution >= 4 is 11.7 Å². The molecule has 0 unspecified atom stereocenters. The number of benzene rings is 1. The van der Waals surface area contributed by atoms with Crippen molar-refractivity contribution in [1.29, 1.82) is 0 Å². The van der Waals surface area contributed by atoms with Gasteiger partial charge in [-0.1, -0.05) is 24.6 Å². The number of aryl methyl sites for hydroxylation is 1. The van der Waals surface area contributed by atoms with E-state index >= 15 is 0 Å². The minimum Gasteiger partial charge on any atom is -0.487 e. The fraction of sp³-hybridized carbons (Fsp3) is 0.636. The van der Waals surface area contributed by atoms with Gasteiger partial charge in [0.05, 0.1) is 0 Å². The quantitative estimate of drug-likeness (QED) is 0.772. The van der Waals surface area contributed by atoms with Gasteiger partial charge in [0.25, 0.3) is 0 Å². The molecular formula is C22H33N3O3. The molecule has 1 aliphatic heterocycles. The van der Waals surface area contributed by atoms with Crippen LogP contribution in [0.15, 0.2) is 18.2 Å². The molecule has 0 radical (unpaired) electrons. The normalized spacial score (nSPS) is 26.2. The van der Waals surface area contributed by atoms with Crippen molar-refractivity contribution in [2.75, 3.05) is 40.8 Å². The number of likely N-dealkylation sites (N-methyl/N-ethyl adjacent to an activating group) is 2. The largest absolute Gasteiger partial charge is 0.487 e. The molecule has 1 aliphatic carbocycles. The Labute approximate surface area is 168 Å². The van der Waals surface area contributed by atoms with Gasteiger partial charge in [-0.2, -0.15) is 0 Å². The number of Topliss-reactive ketones (excluding diaryl/α,β-unsaturated/α-hetero) is 1. The first-order valence-corrected chi connectivity index (χ1v) is 10.1. The summed E-state index contributed by atoms with van der Waals surface area (Å²) in [5.41, 5.74) is 2.10. The van der Waals surface area contributed by atoms with Crippen LogP contribution < -0.4 is 10.1 Å². The third kappa shape index (κ3) is 4.23. The lowest BCUT2D eigenvalue weighted by molar-refractivity contribution is -0.133. The number of hydrogen-bond acceptors (Lipinski definition) is 5. The molecule has 2 aliphatic rings. The zero-order valence-electron chi connectivity index (χ0n) is 17.7. The summed E-state index contributed by atoms with van der Waals surface area (Å²) in [7, 11) is 6.08. The fourth-order valence-electron chi connectivity index (χ4n) is 4.21. The summed E-state index contributed by atoms with van der Waals surface area (Å²) in [6.07, 6.45) is 1.27. The minimum absolute atomic E-state index is 0.0707. The number of fused-ring (bicyclic) bond motifs is 3. The number of nitrogens with one attached hydrogen (secondary N) is 1. The first kappa shape index (κ1) is 20.8. The van der Waals surface area contributed by atoms with Crippen molar-refractivity contribution in [1.82, 2.24) is 15.1 Å². The average molecular weight is 388 g/mol. The van der Waals surface area contributed by atoms with Crippen LogP contribution in [0.25, 0.3) is 0 Å². The second-order valence-corrected chi connectivity index (χ2v) is 8.82. The maximum absolute atomic E-state index is 12.6. The maximum atomic E-state index is 12.6. The number of carbonyl (C=O) groups is 2. The van der Waals surface area contributed by atoms with Gasteiger partial charge in [0.2, 0.25) is 5.91 Å². The summed E-state index contributed by atoms with van der Waals surface area (Å²) in [5, 5.41) is 2.98. The van der Waals surface area contributed by atoms with E-state index < -0.39 is 6.04 Å². The van der Waals surface area contributed by atoms with Gasteiger partial charge in [0.1, 0.15) is 17.9 Å². The minimum atomic E-state index is -0.578. The van der Waals surface area contributed by atoms with Crippen LogP contribution in [0, 0.1) is 6.92 Å². The number of ketones is 1. The molecular weight excluding hydrogens is 354 g/mol. The van der Waals surface area contributed by atoms with Gasteiger partial charge in [-0.05, 0) is 40.6 Å². The summed E-state index contributed by atoms with van der Waals surface area (Å²) in [5.74, 6) is 0.826. The summed E-state index contributed by atoms with van der Waals surface area (Å²) in [6, 6.07) is 5.59. The lowest BCUT2D eigenvalue weighted by Crippen LogP contribution is -2.59. The molecule has 1 N–H and O–H groups in total. The number of carbonyl (C=O) groups excluding carboxylic acids is 2. The molecule has 6 heteroatoms. The number of amides is 1. The Balaban J connectivity index is 1.64. The van der Waals surface area contributed by atoms with E-state index in [9.17, 15) is 9.59 Å². The van der Waals surface area contributed by atoms with Crippen LogP contribution in [0.2, 0.25) is 0 Å². The first-order chi connectivity index (χ1) is 13.2. The summed E-state index contributed by atoms with van der Waals surface area (Å²) < 4.78 is 6.19. The van der Waals surface area contributed by atoms with E-state index in [-0.39, 0.29) is 23.2 Å². The molecule has 154 valence electrons. The Morgan fingerprint density at radius 1 is 1.25 bits per heavy atom. The fourth-order valence-corrected chi connectivity index (χ4v) is 4.21. The smallest absolute Gasteiger partial charge is 0.221 e. The van der Waals surface area contributed by atoms with Gasteiger partial charge in [-0.3, -0.25) is 9.59 Å². The molecule has 1 aromatic carbocycles. The molecule has 0 aromatic heterocycles. The molecule has 3 rings (SSSR count). The van der Waals surface area contributed by atoms with Crippen molar-refractivity contribution < 1.29 is 14.3 Å². The highest BCUT2D eigenvalue weighted by Crippen LogP contribution is 2.49. The number of nitrogens with zero attached hydrogens (tertiary/aromatic N) is 2. The molecule has 28 heavy (non-hydrogen) atoms. The lowest BCUT2D eigenvalue weighted by Gasteiger charge is -2.39. The number of hydrogen-bond donors (Lipinski definition) is 1. The van der Waals surface area contributed by atoms with Gasteiger partial charge < -0.3 is 19.9 Å². The Kier molecular flexibility index (Phi) is 6.10. The Bertz CT molecular complexity index is 749. The van der Waals surface area contributed by atoms with E-state index in [1.54, 1.807) is 0 Å². The molecule has 1 fully saturated rings. The Hall–Kier alpha value is -1.92. The van der Waals surface area contributed by atoms with Crippen LogP contribution in [-0.2, 0) is 15.0 Å². The Morgan fingerprint density at radius 3 is 2.71 bits per heavy atom. The molecule has 0 bridgehead atoms. The predicted molar refractivity (Wildman–Crippen MR) is 110 cm³/mol. The van der Waals surface area contributed by atoms with Crippen LogP contribution in [0.3, 0.4) is 0 Å². The van der Waals surface area contributed by atoms with Crippen LogP contribution in [0.1, 0.15) is 37.3 Å². The SMILES string of the molecule is Cc1ccc2c(c1)[C@@]1(C)CCC(=O)[C@@H](NC(=O)CCN(C)CCN(C)C)[C@H]1O2.